The maximum Gasteiger partial charge on any atom is 0.337 e. The lowest BCUT2D eigenvalue weighted by Gasteiger charge is -2.10. The van der Waals surface area contributed by atoms with Gasteiger partial charge in [0, 0.05) is 5.56 Å². The van der Waals surface area contributed by atoms with Crippen LogP contribution in [0.4, 0.5) is 0 Å². The molecule has 0 atom stereocenters. The van der Waals surface area contributed by atoms with Gasteiger partial charge in [-0.05, 0) is 61.0 Å². The molecule has 0 saturated carbocycles. The Morgan fingerprint density at radius 3 is 2.33 bits per heavy atom. The number of sulfonamides is 1. The van der Waals surface area contributed by atoms with Crippen LogP contribution >= 0.6 is 0 Å². The number of rotatable bonds is 10. The van der Waals surface area contributed by atoms with Crippen LogP contribution in [0.15, 0.2) is 82.8 Å². The molecule has 0 amide bonds. The first-order valence-corrected chi connectivity index (χ1v) is 11.6. The number of carbonyl (C=O) groups is 1. The topological polar surface area (TPSA) is 103 Å². The van der Waals surface area contributed by atoms with Gasteiger partial charge in [-0.15, -0.1) is 0 Å². The van der Waals surface area contributed by atoms with E-state index in [2.05, 4.69) is 14.7 Å². The van der Waals surface area contributed by atoms with Gasteiger partial charge in [0.05, 0.1) is 30.4 Å². The molecule has 0 aromatic heterocycles. The minimum absolute atomic E-state index is 0.0723. The molecule has 1 N–H and O–H groups in total. The van der Waals surface area contributed by atoms with Crippen molar-refractivity contribution in [2.24, 2.45) is 5.10 Å². The molecule has 33 heavy (non-hydrogen) atoms. The fourth-order valence-electron chi connectivity index (χ4n) is 2.83. The maximum atomic E-state index is 12.5. The average Bonchev–Trinajstić information content (AvgIpc) is 2.84. The molecule has 3 rings (SSSR count). The Kier molecular flexibility index (Phi) is 8.04. The van der Waals surface area contributed by atoms with Crippen LogP contribution in [-0.4, -0.2) is 34.3 Å². The van der Waals surface area contributed by atoms with Gasteiger partial charge in [-0.2, -0.15) is 13.5 Å². The molecular weight excluding hydrogens is 444 g/mol. The van der Waals surface area contributed by atoms with Crippen molar-refractivity contribution >= 4 is 22.2 Å². The lowest BCUT2D eigenvalue weighted by Crippen LogP contribution is -2.18. The largest absolute Gasteiger partial charge is 0.494 e. The quantitative estimate of drug-likeness (QED) is 0.276. The molecule has 0 fully saturated rings. The van der Waals surface area contributed by atoms with Crippen LogP contribution in [0.1, 0.15) is 28.4 Å². The molecule has 8 nitrogen and oxygen atoms in total. The van der Waals surface area contributed by atoms with E-state index in [1.54, 1.807) is 60.7 Å². The van der Waals surface area contributed by atoms with Gasteiger partial charge in [0.2, 0.25) is 0 Å². The maximum absolute atomic E-state index is 12.5. The van der Waals surface area contributed by atoms with Gasteiger partial charge in [0.15, 0.2) is 0 Å². The van der Waals surface area contributed by atoms with Crippen molar-refractivity contribution in [1.29, 1.82) is 0 Å². The third-order valence-corrected chi connectivity index (χ3v) is 5.75. The van der Waals surface area contributed by atoms with Gasteiger partial charge in [0.1, 0.15) is 18.1 Å². The number of para-hydroxylation sites is 1. The SMILES string of the molecule is CCOc1ccc(S(=O)(=O)N/N=C/c2ccccc2OCc2ccc(C(=O)OC)cc2)cc1. The molecular formula is C24H24N2O6S. The van der Waals surface area contributed by atoms with Crippen molar-refractivity contribution in [3.63, 3.8) is 0 Å². The summed E-state index contributed by atoms with van der Waals surface area (Å²) in [6, 6.07) is 20.0. The predicted molar refractivity (Wildman–Crippen MR) is 124 cm³/mol. The van der Waals surface area contributed by atoms with E-state index in [9.17, 15) is 13.2 Å². The molecule has 0 saturated heterocycles. The summed E-state index contributed by atoms with van der Waals surface area (Å²) in [6.45, 7) is 2.60. The smallest absolute Gasteiger partial charge is 0.337 e. The van der Waals surface area contributed by atoms with E-state index in [0.29, 0.717) is 29.2 Å². The number of benzene rings is 3. The first kappa shape index (κ1) is 23.8. The number of methoxy groups -OCH3 is 1. The summed E-state index contributed by atoms with van der Waals surface area (Å²) in [6.07, 6.45) is 1.38. The first-order chi connectivity index (χ1) is 15.9. The van der Waals surface area contributed by atoms with Crippen molar-refractivity contribution in [3.05, 3.63) is 89.5 Å². The van der Waals surface area contributed by atoms with E-state index in [1.165, 1.54) is 25.5 Å². The van der Waals surface area contributed by atoms with E-state index < -0.39 is 16.0 Å². The summed E-state index contributed by atoms with van der Waals surface area (Å²) < 4.78 is 40.8. The highest BCUT2D eigenvalue weighted by atomic mass is 32.2. The summed E-state index contributed by atoms with van der Waals surface area (Å²) in [5.41, 5.74) is 1.90. The second kappa shape index (κ2) is 11.1. The second-order valence-electron chi connectivity index (χ2n) is 6.77. The molecule has 0 unspecified atom stereocenters. The van der Waals surface area contributed by atoms with Gasteiger partial charge in [-0.3, -0.25) is 0 Å². The fraction of sp³-hybridized carbons (Fsp3) is 0.167. The van der Waals surface area contributed by atoms with Crippen LogP contribution in [0.3, 0.4) is 0 Å². The van der Waals surface area contributed by atoms with Crippen LogP contribution in [0.2, 0.25) is 0 Å². The second-order valence-corrected chi connectivity index (χ2v) is 8.43. The number of nitrogens with zero attached hydrogens (tertiary/aromatic N) is 1. The summed E-state index contributed by atoms with van der Waals surface area (Å²) in [4.78, 5) is 13.8. The number of hydrogen-bond donors (Lipinski definition) is 1. The highest BCUT2D eigenvalue weighted by molar-refractivity contribution is 7.89. The van der Waals surface area contributed by atoms with Crippen LogP contribution in [0, 0.1) is 0 Å². The molecule has 0 bridgehead atoms. The first-order valence-electron chi connectivity index (χ1n) is 10.1. The van der Waals surface area contributed by atoms with E-state index in [0.717, 1.165) is 5.56 Å². The molecule has 3 aromatic rings. The lowest BCUT2D eigenvalue weighted by atomic mass is 10.1. The number of ether oxygens (including phenoxy) is 3. The molecule has 3 aromatic carbocycles. The van der Waals surface area contributed by atoms with E-state index in [1.807, 2.05) is 6.92 Å². The molecule has 0 aliphatic rings. The zero-order chi connectivity index (χ0) is 23.7. The van der Waals surface area contributed by atoms with Gasteiger partial charge in [-0.25, -0.2) is 9.63 Å². The summed E-state index contributed by atoms with van der Waals surface area (Å²) in [5.74, 6) is 0.709. The average molecular weight is 469 g/mol. The molecule has 0 aliphatic carbocycles. The summed E-state index contributed by atoms with van der Waals surface area (Å²) in [7, 11) is -2.50. The molecule has 9 heteroatoms. The number of hydrazone groups is 1. The van der Waals surface area contributed by atoms with Crippen LogP contribution in [0.25, 0.3) is 0 Å². The van der Waals surface area contributed by atoms with Crippen molar-refractivity contribution in [1.82, 2.24) is 4.83 Å². The minimum atomic E-state index is -3.83. The molecule has 0 spiro atoms. The summed E-state index contributed by atoms with van der Waals surface area (Å²) >= 11 is 0. The van der Waals surface area contributed by atoms with Gasteiger partial charge in [-0.1, -0.05) is 24.3 Å². The van der Waals surface area contributed by atoms with E-state index in [4.69, 9.17) is 9.47 Å². The Labute approximate surface area is 192 Å². The van der Waals surface area contributed by atoms with Crippen LogP contribution < -0.4 is 14.3 Å². The molecule has 172 valence electrons. The summed E-state index contributed by atoms with van der Waals surface area (Å²) in [5, 5.41) is 3.88. The van der Waals surface area contributed by atoms with Crippen molar-refractivity contribution in [2.45, 2.75) is 18.4 Å². The minimum Gasteiger partial charge on any atom is -0.494 e. The highest BCUT2D eigenvalue weighted by Crippen LogP contribution is 2.19. The Bertz CT molecular complexity index is 1210. The van der Waals surface area contributed by atoms with Crippen LogP contribution in [-0.2, 0) is 21.4 Å². The van der Waals surface area contributed by atoms with E-state index in [-0.39, 0.29) is 11.5 Å². The Balaban J connectivity index is 1.64. The zero-order valence-electron chi connectivity index (χ0n) is 18.2. The normalized spacial score (nSPS) is 11.2. The van der Waals surface area contributed by atoms with Crippen molar-refractivity contribution in [3.8, 4) is 11.5 Å². The third-order valence-electron chi connectivity index (χ3n) is 4.51. The molecule has 0 aliphatic heterocycles. The fourth-order valence-corrected chi connectivity index (χ4v) is 3.63. The van der Waals surface area contributed by atoms with Gasteiger partial charge >= 0.3 is 5.97 Å². The number of esters is 1. The third kappa shape index (κ3) is 6.56. The van der Waals surface area contributed by atoms with Gasteiger partial charge in [0.25, 0.3) is 10.0 Å². The number of nitrogens with one attached hydrogen (secondary N) is 1. The lowest BCUT2D eigenvalue weighted by molar-refractivity contribution is 0.0600. The van der Waals surface area contributed by atoms with Crippen molar-refractivity contribution < 1.29 is 27.4 Å². The standard InChI is InChI=1S/C24H24N2O6S/c1-3-31-21-12-14-22(15-13-21)33(28,29)26-25-16-20-6-4-5-7-23(20)32-17-18-8-10-19(11-9-18)24(27)30-2/h4-16,26H,3,17H2,1-2H3/b25-16+. The zero-order valence-corrected chi connectivity index (χ0v) is 19.0. The molecule has 0 heterocycles. The van der Waals surface area contributed by atoms with Crippen molar-refractivity contribution in [2.75, 3.05) is 13.7 Å². The van der Waals surface area contributed by atoms with Crippen LogP contribution in [0.5, 0.6) is 11.5 Å². The Hall–Kier alpha value is -3.85. The number of hydrogen-bond acceptors (Lipinski definition) is 7. The monoisotopic (exact) mass is 468 g/mol. The van der Waals surface area contributed by atoms with E-state index >= 15 is 0 Å². The van der Waals surface area contributed by atoms with Gasteiger partial charge < -0.3 is 14.2 Å². The molecule has 0 radical (unpaired) electrons. The Morgan fingerprint density at radius 1 is 0.970 bits per heavy atom. The Morgan fingerprint density at radius 2 is 1.67 bits per heavy atom. The highest BCUT2D eigenvalue weighted by Gasteiger charge is 2.13. The number of carbonyl (C=O) groups excluding carboxylic acids is 1. The predicted octanol–water partition coefficient (Wildman–Crippen LogP) is 3.76.